The summed E-state index contributed by atoms with van der Waals surface area (Å²) in [7, 11) is 1.64. The van der Waals surface area contributed by atoms with Crippen LogP contribution in [0.3, 0.4) is 0 Å². The van der Waals surface area contributed by atoms with Gasteiger partial charge in [0.25, 0.3) is 11.5 Å². The van der Waals surface area contributed by atoms with Crippen LogP contribution in [0.5, 0.6) is 17.2 Å². The van der Waals surface area contributed by atoms with Crippen LogP contribution >= 0.6 is 0 Å². The first-order valence-corrected chi connectivity index (χ1v) is 13.3. The number of amides is 1. The number of hydrogen-bond donors (Lipinski definition) is 3. The second-order valence-corrected chi connectivity index (χ2v) is 11.0. The van der Waals surface area contributed by atoms with E-state index in [9.17, 15) is 19.8 Å². The number of ether oxygens (including phenoxy) is 2. The van der Waals surface area contributed by atoms with Crippen LogP contribution in [0.15, 0.2) is 53.5 Å². The number of carbonyl (C=O) groups excluding carboxylic acids is 1. The van der Waals surface area contributed by atoms with Crippen LogP contribution in [0.25, 0.3) is 11.1 Å². The van der Waals surface area contributed by atoms with Gasteiger partial charge in [-0.3, -0.25) is 9.59 Å². The molecule has 39 heavy (non-hydrogen) atoms. The minimum Gasteiger partial charge on any atom is -0.483 e. The van der Waals surface area contributed by atoms with Crippen LogP contribution in [0, 0.1) is 13.8 Å². The van der Waals surface area contributed by atoms with Crippen LogP contribution < -0.4 is 20.3 Å². The summed E-state index contributed by atoms with van der Waals surface area (Å²) in [6, 6.07) is 12.7. The summed E-state index contributed by atoms with van der Waals surface area (Å²) in [4.78, 5) is 25.3. The molecule has 0 radical (unpaired) electrons. The number of carbonyl (C=O) groups is 1. The number of benzene rings is 2. The molecule has 8 nitrogen and oxygen atoms in total. The van der Waals surface area contributed by atoms with E-state index in [-0.39, 0.29) is 36.0 Å². The highest BCUT2D eigenvalue weighted by Crippen LogP contribution is 2.41. The first-order valence-electron chi connectivity index (χ1n) is 13.3. The van der Waals surface area contributed by atoms with Gasteiger partial charge in [0.2, 0.25) is 0 Å². The van der Waals surface area contributed by atoms with Gasteiger partial charge in [0, 0.05) is 36.5 Å². The van der Waals surface area contributed by atoms with E-state index >= 15 is 0 Å². The molecule has 1 aliphatic carbocycles. The van der Waals surface area contributed by atoms with Gasteiger partial charge in [0.05, 0.1) is 11.7 Å². The molecule has 4 rings (SSSR count). The van der Waals surface area contributed by atoms with Gasteiger partial charge in [-0.1, -0.05) is 24.3 Å². The number of nitrogens with one attached hydrogen (secondary N) is 1. The lowest BCUT2D eigenvalue weighted by Crippen LogP contribution is -2.40. The van der Waals surface area contributed by atoms with Crippen molar-refractivity contribution >= 4 is 5.91 Å². The van der Waals surface area contributed by atoms with Crippen LogP contribution in [-0.2, 0) is 17.4 Å². The number of para-hydroxylation sites is 1. The Morgan fingerprint density at radius 3 is 2.33 bits per heavy atom. The fraction of sp³-hybridized carbons (Fsp3) is 0.419. The topological polar surface area (TPSA) is 110 Å². The molecule has 1 amide bonds. The Hall–Kier alpha value is -3.62. The zero-order valence-corrected chi connectivity index (χ0v) is 23.3. The molecule has 3 N–H and O–H groups in total. The first kappa shape index (κ1) is 28.4. The first-order chi connectivity index (χ1) is 18.4. The highest BCUT2D eigenvalue weighted by molar-refractivity contribution is 5.80. The maximum Gasteiger partial charge on any atom is 0.258 e. The Morgan fingerprint density at radius 1 is 1.03 bits per heavy atom. The minimum absolute atomic E-state index is 0.00608. The molecule has 1 fully saturated rings. The molecule has 2 aromatic carbocycles. The van der Waals surface area contributed by atoms with Crippen molar-refractivity contribution in [2.75, 3.05) is 6.61 Å². The van der Waals surface area contributed by atoms with Gasteiger partial charge in [-0.2, -0.15) is 0 Å². The van der Waals surface area contributed by atoms with Gasteiger partial charge in [0.15, 0.2) is 6.61 Å². The molecule has 1 saturated carbocycles. The molecule has 0 spiro atoms. The third-order valence-electron chi connectivity index (χ3n) is 7.21. The monoisotopic (exact) mass is 534 g/mol. The Bertz CT molecular complexity index is 1380. The standard InChI is InChI=1S/C31H38N2O6/c1-19-7-6-8-20(2)30(19)39-26-14-9-21(31(3,4)37)15-24(26)25-17-33(5)29(36)16-27(25)38-18-28(35)32-22-10-12-23(34)13-11-22/h6-9,14-17,22-23,34,37H,10-13,18H2,1-5H3,(H,32,35). The third kappa shape index (κ3) is 6.88. The molecule has 1 heterocycles. The lowest BCUT2D eigenvalue weighted by atomic mass is 9.93. The molecule has 0 saturated heterocycles. The highest BCUT2D eigenvalue weighted by atomic mass is 16.5. The maximum atomic E-state index is 12.7. The lowest BCUT2D eigenvalue weighted by molar-refractivity contribution is -0.124. The zero-order valence-electron chi connectivity index (χ0n) is 23.3. The van der Waals surface area contributed by atoms with E-state index in [1.807, 2.05) is 44.2 Å². The second kappa shape index (κ2) is 11.6. The molecule has 8 heteroatoms. The SMILES string of the molecule is Cc1cccc(C)c1Oc1ccc(C(C)(C)O)cc1-c1cn(C)c(=O)cc1OCC(=O)NC1CCC(O)CC1. The summed E-state index contributed by atoms with van der Waals surface area (Å²) in [5.41, 5.74) is 2.35. The Labute approximate surface area is 229 Å². The molecule has 1 aromatic heterocycles. The van der Waals surface area contributed by atoms with E-state index in [0.717, 1.165) is 16.9 Å². The van der Waals surface area contributed by atoms with Crippen molar-refractivity contribution in [1.82, 2.24) is 9.88 Å². The Morgan fingerprint density at radius 2 is 1.69 bits per heavy atom. The van der Waals surface area contributed by atoms with Crippen LogP contribution in [0.2, 0.25) is 0 Å². The molecule has 3 aromatic rings. The number of rotatable bonds is 8. The number of aromatic nitrogens is 1. The van der Waals surface area contributed by atoms with Crippen molar-refractivity contribution < 1.29 is 24.5 Å². The predicted molar refractivity (Wildman–Crippen MR) is 150 cm³/mol. The summed E-state index contributed by atoms with van der Waals surface area (Å²) in [5.74, 6) is 1.19. The number of nitrogens with zero attached hydrogens (tertiary/aromatic N) is 1. The Balaban J connectivity index is 1.70. The number of aliphatic hydroxyl groups is 2. The van der Waals surface area contributed by atoms with E-state index < -0.39 is 5.60 Å². The summed E-state index contributed by atoms with van der Waals surface area (Å²) >= 11 is 0. The maximum absolute atomic E-state index is 12.7. The average molecular weight is 535 g/mol. The van der Waals surface area contributed by atoms with E-state index in [4.69, 9.17) is 9.47 Å². The van der Waals surface area contributed by atoms with E-state index in [1.54, 1.807) is 33.2 Å². The zero-order chi connectivity index (χ0) is 28.3. The van der Waals surface area contributed by atoms with Crippen molar-refractivity contribution in [3.05, 3.63) is 75.7 Å². The highest BCUT2D eigenvalue weighted by Gasteiger charge is 2.24. The lowest BCUT2D eigenvalue weighted by Gasteiger charge is -2.26. The molecular formula is C31H38N2O6. The van der Waals surface area contributed by atoms with Crippen LogP contribution in [0.4, 0.5) is 0 Å². The van der Waals surface area contributed by atoms with Gasteiger partial charge in [-0.15, -0.1) is 0 Å². The molecule has 208 valence electrons. The van der Waals surface area contributed by atoms with Gasteiger partial charge < -0.3 is 29.6 Å². The predicted octanol–water partition coefficient (Wildman–Crippen LogP) is 4.49. The van der Waals surface area contributed by atoms with Gasteiger partial charge in [-0.05, 0) is 82.2 Å². The van der Waals surface area contributed by atoms with Crippen molar-refractivity contribution in [1.29, 1.82) is 0 Å². The third-order valence-corrected chi connectivity index (χ3v) is 7.21. The summed E-state index contributed by atoms with van der Waals surface area (Å²) in [5, 5.41) is 23.4. The van der Waals surface area contributed by atoms with E-state index in [2.05, 4.69) is 5.32 Å². The van der Waals surface area contributed by atoms with Gasteiger partial charge >= 0.3 is 0 Å². The fourth-order valence-corrected chi connectivity index (χ4v) is 4.85. The molecule has 0 aliphatic heterocycles. The number of aliphatic hydroxyl groups excluding tert-OH is 1. The van der Waals surface area contributed by atoms with Crippen molar-refractivity contribution in [2.45, 2.75) is 71.1 Å². The molecule has 1 aliphatic rings. The molecule has 0 bridgehead atoms. The molecule has 0 atom stereocenters. The number of aryl methyl sites for hydroxylation is 3. The van der Waals surface area contributed by atoms with Crippen LogP contribution in [0.1, 0.15) is 56.2 Å². The smallest absolute Gasteiger partial charge is 0.258 e. The van der Waals surface area contributed by atoms with Gasteiger partial charge in [-0.25, -0.2) is 0 Å². The van der Waals surface area contributed by atoms with Crippen molar-refractivity contribution in [3.63, 3.8) is 0 Å². The van der Waals surface area contributed by atoms with Gasteiger partial charge in [0.1, 0.15) is 17.2 Å². The van der Waals surface area contributed by atoms with Crippen molar-refractivity contribution in [3.8, 4) is 28.4 Å². The quantitative estimate of drug-likeness (QED) is 0.393. The summed E-state index contributed by atoms with van der Waals surface area (Å²) in [6.07, 6.45) is 4.09. The summed E-state index contributed by atoms with van der Waals surface area (Å²) in [6.45, 7) is 7.08. The van der Waals surface area contributed by atoms with E-state index in [1.165, 1.54) is 10.6 Å². The van der Waals surface area contributed by atoms with E-state index in [0.29, 0.717) is 48.1 Å². The second-order valence-electron chi connectivity index (χ2n) is 11.0. The Kier molecular flexibility index (Phi) is 8.47. The van der Waals surface area contributed by atoms with Crippen LogP contribution in [-0.4, -0.2) is 39.4 Å². The largest absolute Gasteiger partial charge is 0.483 e. The average Bonchev–Trinajstić information content (AvgIpc) is 2.87. The minimum atomic E-state index is -1.12. The molecule has 0 unspecified atom stereocenters. The molecular weight excluding hydrogens is 496 g/mol. The summed E-state index contributed by atoms with van der Waals surface area (Å²) < 4.78 is 13.8. The number of hydrogen-bond acceptors (Lipinski definition) is 6. The van der Waals surface area contributed by atoms with Crippen molar-refractivity contribution in [2.24, 2.45) is 7.05 Å². The number of pyridine rings is 1. The fourth-order valence-electron chi connectivity index (χ4n) is 4.85. The normalized spacial score (nSPS) is 17.5.